The topological polar surface area (TPSA) is 83.3 Å². The molecule has 1 aliphatic rings. The van der Waals surface area contributed by atoms with Crippen LogP contribution >= 0.6 is 0 Å². The van der Waals surface area contributed by atoms with E-state index >= 15 is 0 Å². The van der Waals surface area contributed by atoms with Crippen molar-refractivity contribution in [2.45, 2.75) is 18.9 Å². The third-order valence-electron chi connectivity index (χ3n) is 2.99. The molecule has 0 atom stereocenters. The molecule has 1 amide bonds. The average molecular weight is 249 g/mol. The van der Waals surface area contributed by atoms with Crippen molar-refractivity contribution in [2.24, 2.45) is 5.73 Å². The van der Waals surface area contributed by atoms with Gasteiger partial charge in [-0.1, -0.05) is 6.07 Å². The molecular weight excluding hydrogens is 230 g/mol. The fraction of sp³-hybridized carbons (Fsp3) is 0.500. The lowest BCUT2D eigenvalue weighted by atomic mass is 10.1. The van der Waals surface area contributed by atoms with Crippen molar-refractivity contribution >= 4 is 11.7 Å². The zero-order valence-corrected chi connectivity index (χ0v) is 10.3. The Labute approximate surface area is 107 Å². The Morgan fingerprint density at radius 2 is 2.22 bits per heavy atom. The summed E-state index contributed by atoms with van der Waals surface area (Å²) >= 11 is 0. The molecule has 1 fully saturated rings. The van der Waals surface area contributed by atoms with Gasteiger partial charge in [0.1, 0.15) is 5.82 Å². The number of likely N-dealkylation sites (tertiary alicyclic amines) is 1. The SMILES string of the molecule is NC1CCN(CC(=O)NNc2ccccn2)CC1. The second-order valence-electron chi connectivity index (χ2n) is 4.50. The number of nitrogens with two attached hydrogens (primary N) is 1. The third-order valence-corrected chi connectivity index (χ3v) is 2.99. The fourth-order valence-electron chi connectivity index (χ4n) is 1.92. The first-order chi connectivity index (χ1) is 8.74. The first-order valence-corrected chi connectivity index (χ1v) is 6.18. The van der Waals surface area contributed by atoms with Gasteiger partial charge < -0.3 is 5.73 Å². The number of carbonyl (C=O) groups excluding carboxylic acids is 1. The molecular formula is C12H19N5O. The van der Waals surface area contributed by atoms with Crippen molar-refractivity contribution in [3.05, 3.63) is 24.4 Å². The summed E-state index contributed by atoms with van der Waals surface area (Å²) in [5.74, 6) is 0.572. The maximum Gasteiger partial charge on any atom is 0.252 e. The van der Waals surface area contributed by atoms with E-state index in [4.69, 9.17) is 5.73 Å². The Balaban J connectivity index is 1.69. The molecule has 1 aliphatic heterocycles. The van der Waals surface area contributed by atoms with Crippen molar-refractivity contribution in [1.29, 1.82) is 0 Å². The second kappa shape index (κ2) is 6.32. The van der Waals surface area contributed by atoms with Gasteiger partial charge in [-0.2, -0.15) is 0 Å². The first-order valence-electron chi connectivity index (χ1n) is 6.18. The van der Waals surface area contributed by atoms with Crippen LogP contribution in [0.2, 0.25) is 0 Å². The van der Waals surface area contributed by atoms with Crippen LogP contribution in [0.1, 0.15) is 12.8 Å². The van der Waals surface area contributed by atoms with Gasteiger partial charge in [0.15, 0.2) is 0 Å². The third kappa shape index (κ3) is 3.97. The van der Waals surface area contributed by atoms with Crippen molar-refractivity contribution in [2.75, 3.05) is 25.1 Å². The van der Waals surface area contributed by atoms with Crippen LogP contribution in [-0.2, 0) is 4.79 Å². The largest absolute Gasteiger partial charge is 0.328 e. The van der Waals surface area contributed by atoms with Crippen molar-refractivity contribution in [3.8, 4) is 0 Å². The molecule has 0 bridgehead atoms. The van der Waals surface area contributed by atoms with Crippen LogP contribution in [0.15, 0.2) is 24.4 Å². The lowest BCUT2D eigenvalue weighted by Gasteiger charge is -2.29. The van der Waals surface area contributed by atoms with Gasteiger partial charge in [-0.25, -0.2) is 4.98 Å². The fourth-order valence-corrected chi connectivity index (χ4v) is 1.92. The molecule has 0 aromatic carbocycles. The number of aromatic nitrogens is 1. The summed E-state index contributed by atoms with van der Waals surface area (Å²) in [5.41, 5.74) is 11.2. The Morgan fingerprint density at radius 3 is 2.89 bits per heavy atom. The highest BCUT2D eigenvalue weighted by Gasteiger charge is 2.17. The zero-order chi connectivity index (χ0) is 12.8. The van der Waals surface area contributed by atoms with Crippen LogP contribution in [0.4, 0.5) is 5.82 Å². The quantitative estimate of drug-likeness (QED) is 0.652. The molecule has 0 radical (unpaired) electrons. The van der Waals surface area contributed by atoms with Crippen molar-refractivity contribution < 1.29 is 4.79 Å². The summed E-state index contributed by atoms with van der Waals surface area (Å²) in [4.78, 5) is 17.9. The number of piperidine rings is 1. The van der Waals surface area contributed by atoms with E-state index in [0.717, 1.165) is 25.9 Å². The van der Waals surface area contributed by atoms with Gasteiger partial charge in [-0.15, -0.1) is 0 Å². The van der Waals surface area contributed by atoms with Gasteiger partial charge in [-0.3, -0.25) is 20.5 Å². The van der Waals surface area contributed by atoms with Gasteiger partial charge in [0.25, 0.3) is 5.91 Å². The van der Waals surface area contributed by atoms with E-state index in [9.17, 15) is 4.79 Å². The summed E-state index contributed by atoms with van der Waals surface area (Å²) in [5, 5.41) is 0. The Hall–Kier alpha value is -1.66. The zero-order valence-electron chi connectivity index (χ0n) is 10.3. The number of carbonyl (C=O) groups is 1. The maximum absolute atomic E-state index is 11.7. The van der Waals surface area contributed by atoms with Crippen LogP contribution in [0, 0.1) is 0 Å². The molecule has 1 aromatic rings. The minimum Gasteiger partial charge on any atom is -0.328 e. The van der Waals surface area contributed by atoms with Crippen LogP contribution in [0.3, 0.4) is 0 Å². The first kappa shape index (κ1) is 12.8. The molecule has 6 heteroatoms. The van der Waals surface area contributed by atoms with E-state index in [-0.39, 0.29) is 11.9 Å². The highest BCUT2D eigenvalue weighted by molar-refractivity contribution is 5.79. The molecule has 1 aromatic heterocycles. The van der Waals surface area contributed by atoms with Crippen LogP contribution in [0.25, 0.3) is 0 Å². The Morgan fingerprint density at radius 1 is 1.44 bits per heavy atom. The number of hydrogen-bond acceptors (Lipinski definition) is 5. The van der Waals surface area contributed by atoms with E-state index in [1.165, 1.54) is 0 Å². The minimum atomic E-state index is -0.0591. The lowest BCUT2D eigenvalue weighted by Crippen LogP contribution is -2.45. The van der Waals surface area contributed by atoms with Crippen molar-refractivity contribution in [3.63, 3.8) is 0 Å². The molecule has 0 spiro atoms. The number of nitrogens with one attached hydrogen (secondary N) is 2. The highest BCUT2D eigenvalue weighted by atomic mass is 16.2. The lowest BCUT2D eigenvalue weighted by molar-refractivity contribution is -0.122. The van der Waals surface area contributed by atoms with E-state index in [1.807, 2.05) is 12.1 Å². The van der Waals surface area contributed by atoms with Crippen LogP contribution in [0.5, 0.6) is 0 Å². The summed E-state index contributed by atoms with van der Waals surface area (Å²) in [6.07, 6.45) is 3.59. The highest BCUT2D eigenvalue weighted by Crippen LogP contribution is 2.07. The van der Waals surface area contributed by atoms with Gasteiger partial charge in [0.2, 0.25) is 0 Å². The number of hydrogen-bond donors (Lipinski definition) is 3. The molecule has 2 heterocycles. The maximum atomic E-state index is 11.7. The number of anilines is 1. The predicted molar refractivity (Wildman–Crippen MR) is 69.7 cm³/mol. The Bertz CT molecular complexity index is 375. The van der Waals surface area contributed by atoms with E-state index in [1.54, 1.807) is 12.3 Å². The van der Waals surface area contributed by atoms with Crippen LogP contribution < -0.4 is 16.6 Å². The normalized spacial score (nSPS) is 17.4. The molecule has 4 N–H and O–H groups in total. The van der Waals surface area contributed by atoms with E-state index < -0.39 is 0 Å². The van der Waals surface area contributed by atoms with Crippen molar-refractivity contribution in [1.82, 2.24) is 15.3 Å². The second-order valence-corrected chi connectivity index (χ2v) is 4.50. The van der Waals surface area contributed by atoms with E-state index in [0.29, 0.717) is 12.4 Å². The predicted octanol–water partition coefficient (Wildman–Crippen LogP) is -0.0522. The Kier molecular flexibility index (Phi) is 4.49. The molecule has 0 unspecified atom stereocenters. The number of rotatable bonds is 4. The summed E-state index contributed by atoms with van der Waals surface area (Å²) < 4.78 is 0. The molecule has 1 saturated heterocycles. The summed E-state index contributed by atoms with van der Waals surface area (Å²) in [6, 6.07) is 5.76. The van der Waals surface area contributed by atoms with Gasteiger partial charge in [0, 0.05) is 25.3 Å². The van der Waals surface area contributed by atoms with Crippen LogP contribution in [-0.4, -0.2) is 41.5 Å². The molecule has 18 heavy (non-hydrogen) atoms. The van der Waals surface area contributed by atoms with Gasteiger partial charge in [-0.05, 0) is 25.0 Å². The molecule has 2 rings (SSSR count). The number of amides is 1. The monoisotopic (exact) mass is 249 g/mol. The van der Waals surface area contributed by atoms with Gasteiger partial charge in [0.05, 0.1) is 6.54 Å². The minimum absolute atomic E-state index is 0.0591. The number of nitrogens with zero attached hydrogens (tertiary/aromatic N) is 2. The number of pyridine rings is 1. The summed E-state index contributed by atoms with van der Waals surface area (Å²) in [6.45, 7) is 2.17. The smallest absolute Gasteiger partial charge is 0.252 e. The number of hydrazine groups is 1. The molecule has 98 valence electrons. The summed E-state index contributed by atoms with van der Waals surface area (Å²) in [7, 11) is 0. The molecule has 6 nitrogen and oxygen atoms in total. The molecule has 0 aliphatic carbocycles. The standard InChI is InChI=1S/C12H19N5O/c13-10-4-7-17(8-5-10)9-12(18)16-15-11-3-1-2-6-14-11/h1-3,6,10H,4-5,7-9,13H2,(H,14,15)(H,16,18). The van der Waals surface area contributed by atoms with E-state index in [2.05, 4.69) is 20.7 Å². The molecule has 0 saturated carbocycles. The average Bonchev–Trinajstić information content (AvgIpc) is 2.40. The van der Waals surface area contributed by atoms with Gasteiger partial charge >= 0.3 is 0 Å².